The van der Waals surface area contributed by atoms with E-state index in [1.54, 1.807) is 0 Å². The second kappa shape index (κ2) is 7.70. The third kappa shape index (κ3) is 4.46. The number of para-hydroxylation sites is 1. The topological polar surface area (TPSA) is 45.0 Å². The van der Waals surface area contributed by atoms with E-state index in [0.717, 1.165) is 30.8 Å². The van der Waals surface area contributed by atoms with Gasteiger partial charge in [0.05, 0.1) is 0 Å². The summed E-state index contributed by atoms with van der Waals surface area (Å²) in [5.74, 6) is 0.810. The first-order valence-electron chi connectivity index (χ1n) is 6.16. The summed E-state index contributed by atoms with van der Waals surface area (Å²) in [5.41, 5.74) is 1.11. The Morgan fingerprint density at radius 2 is 2.12 bits per heavy atom. The molecule has 1 N–H and O–H groups in total. The zero-order valence-corrected chi connectivity index (χ0v) is 10.6. The first-order valence-corrected chi connectivity index (χ1v) is 6.16. The standard InChI is InChI=1S/C14H20N2O/c1-3-9-16-11-12-7-5-6-8-14(12)17-13(4-2)10-15/h5-8,13,16H,3-4,9,11H2,1-2H3. The Labute approximate surface area is 103 Å². The van der Waals surface area contributed by atoms with Gasteiger partial charge in [0.25, 0.3) is 0 Å². The summed E-state index contributed by atoms with van der Waals surface area (Å²) in [6, 6.07) is 10.0. The first kappa shape index (κ1) is 13.5. The molecule has 3 nitrogen and oxygen atoms in total. The summed E-state index contributed by atoms with van der Waals surface area (Å²) in [6.45, 7) is 5.86. The summed E-state index contributed by atoms with van der Waals surface area (Å²) in [4.78, 5) is 0. The number of nitrogens with zero attached hydrogens (tertiary/aromatic N) is 1. The highest BCUT2D eigenvalue weighted by molar-refractivity contribution is 5.33. The van der Waals surface area contributed by atoms with E-state index < -0.39 is 0 Å². The van der Waals surface area contributed by atoms with E-state index in [2.05, 4.69) is 18.3 Å². The van der Waals surface area contributed by atoms with Crippen LogP contribution >= 0.6 is 0 Å². The predicted octanol–water partition coefficient (Wildman–Crippen LogP) is 2.87. The second-order valence-corrected chi connectivity index (χ2v) is 3.93. The highest BCUT2D eigenvalue weighted by Crippen LogP contribution is 2.19. The van der Waals surface area contributed by atoms with E-state index in [1.807, 2.05) is 31.2 Å². The van der Waals surface area contributed by atoms with E-state index in [-0.39, 0.29) is 6.10 Å². The smallest absolute Gasteiger partial charge is 0.184 e. The van der Waals surface area contributed by atoms with Crippen molar-refractivity contribution in [3.8, 4) is 11.8 Å². The fourth-order valence-electron chi connectivity index (χ4n) is 1.52. The molecular formula is C14H20N2O. The van der Waals surface area contributed by atoms with Crippen molar-refractivity contribution in [2.75, 3.05) is 6.54 Å². The number of hydrogen-bond acceptors (Lipinski definition) is 3. The van der Waals surface area contributed by atoms with E-state index in [0.29, 0.717) is 6.42 Å². The average molecular weight is 232 g/mol. The van der Waals surface area contributed by atoms with Gasteiger partial charge in [0.1, 0.15) is 11.8 Å². The maximum absolute atomic E-state index is 8.90. The van der Waals surface area contributed by atoms with Crippen LogP contribution in [0.25, 0.3) is 0 Å². The molecule has 1 rings (SSSR count). The fraction of sp³-hybridized carbons (Fsp3) is 0.500. The third-order valence-electron chi connectivity index (χ3n) is 2.50. The highest BCUT2D eigenvalue weighted by Gasteiger charge is 2.09. The van der Waals surface area contributed by atoms with Crippen LogP contribution in [0.15, 0.2) is 24.3 Å². The van der Waals surface area contributed by atoms with Gasteiger partial charge < -0.3 is 10.1 Å². The first-order chi connectivity index (χ1) is 8.31. The van der Waals surface area contributed by atoms with Gasteiger partial charge in [-0.2, -0.15) is 5.26 Å². The van der Waals surface area contributed by atoms with E-state index in [4.69, 9.17) is 10.00 Å². The van der Waals surface area contributed by atoms with Crippen molar-refractivity contribution in [3.63, 3.8) is 0 Å². The van der Waals surface area contributed by atoms with Crippen LogP contribution in [0.3, 0.4) is 0 Å². The predicted molar refractivity (Wildman–Crippen MR) is 68.8 cm³/mol. The summed E-state index contributed by atoms with van der Waals surface area (Å²) in [5, 5.41) is 12.2. The molecule has 0 spiro atoms. The normalized spacial score (nSPS) is 11.8. The Hall–Kier alpha value is -1.53. The van der Waals surface area contributed by atoms with Crippen molar-refractivity contribution in [1.29, 1.82) is 5.26 Å². The number of benzene rings is 1. The highest BCUT2D eigenvalue weighted by atomic mass is 16.5. The molecule has 92 valence electrons. The molecule has 3 heteroatoms. The maximum Gasteiger partial charge on any atom is 0.184 e. The number of hydrogen-bond donors (Lipinski definition) is 1. The van der Waals surface area contributed by atoms with E-state index >= 15 is 0 Å². The molecule has 0 amide bonds. The fourth-order valence-corrected chi connectivity index (χ4v) is 1.52. The van der Waals surface area contributed by atoms with Crippen molar-refractivity contribution in [2.45, 2.75) is 39.3 Å². The summed E-state index contributed by atoms with van der Waals surface area (Å²) >= 11 is 0. The number of ether oxygens (including phenoxy) is 1. The van der Waals surface area contributed by atoms with Crippen molar-refractivity contribution >= 4 is 0 Å². The van der Waals surface area contributed by atoms with Crippen LogP contribution in [0, 0.1) is 11.3 Å². The molecule has 1 atom stereocenters. The van der Waals surface area contributed by atoms with Gasteiger partial charge in [0.2, 0.25) is 0 Å². The van der Waals surface area contributed by atoms with Crippen molar-refractivity contribution in [3.05, 3.63) is 29.8 Å². The molecule has 0 saturated heterocycles. The molecule has 1 aromatic rings. The van der Waals surface area contributed by atoms with Gasteiger partial charge in [-0.3, -0.25) is 0 Å². The van der Waals surface area contributed by atoms with Crippen molar-refractivity contribution < 1.29 is 4.74 Å². The van der Waals surface area contributed by atoms with Crippen LogP contribution < -0.4 is 10.1 Å². The lowest BCUT2D eigenvalue weighted by Gasteiger charge is -2.14. The second-order valence-electron chi connectivity index (χ2n) is 3.93. The van der Waals surface area contributed by atoms with Gasteiger partial charge >= 0.3 is 0 Å². The molecule has 17 heavy (non-hydrogen) atoms. The van der Waals surface area contributed by atoms with E-state index in [1.165, 1.54) is 0 Å². The third-order valence-corrected chi connectivity index (χ3v) is 2.50. The van der Waals surface area contributed by atoms with Gasteiger partial charge in [-0.1, -0.05) is 32.0 Å². The number of nitriles is 1. The quantitative estimate of drug-likeness (QED) is 0.735. The van der Waals surface area contributed by atoms with Crippen LogP contribution in [0.2, 0.25) is 0 Å². The molecule has 0 radical (unpaired) electrons. The van der Waals surface area contributed by atoms with E-state index in [9.17, 15) is 0 Å². The summed E-state index contributed by atoms with van der Waals surface area (Å²) < 4.78 is 5.67. The minimum Gasteiger partial charge on any atom is -0.475 e. The lowest BCUT2D eigenvalue weighted by Crippen LogP contribution is -2.17. The molecule has 0 aliphatic rings. The lowest BCUT2D eigenvalue weighted by atomic mass is 10.2. The maximum atomic E-state index is 8.90. The molecule has 0 heterocycles. The zero-order chi connectivity index (χ0) is 12.5. The van der Waals surface area contributed by atoms with Crippen LogP contribution in [-0.2, 0) is 6.54 Å². The molecule has 0 aliphatic heterocycles. The minimum absolute atomic E-state index is 0.359. The number of rotatable bonds is 7. The molecule has 0 aliphatic carbocycles. The molecule has 0 saturated carbocycles. The lowest BCUT2D eigenvalue weighted by molar-refractivity contribution is 0.249. The van der Waals surface area contributed by atoms with Crippen molar-refractivity contribution in [2.24, 2.45) is 0 Å². The average Bonchev–Trinajstić information content (AvgIpc) is 2.38. The Kier molecular flexibility index (Phi) is 6.13. The molecular weight excluding hydrogens is 212 g/mol. The van der Waals surface area contributed by atoms with Crippen LogP contribution in [-0.4, -0.2) is 12.6 Å². The van der Waals surface area contributed by atoms with Crippen molar-refractivity contribution in [1.82, 2.24) is 5.32 Å². The van der Waals surface area contributed by atoms with Crippen LogP contribution in [0.1, 0.15) is 32.3 Å². The van der Waals surface area contributed by atoms with Crippen LogP contribution in [0.4, 0.5) is 0 Å². The monoisotopic (exact) mass is 232 g/mol. The Morgan fingerprint density at radius 1 is 1.35 bits per heavy atom. The zero-order valence-electron chi connectivity index (χ0n) is 10.6. The van der Waals surface area contributed by atoms with Gasteiger partial charge in [-0.15, -0.1) is 0 Å². The molecule has 0 fully saturated rings. The number of nitrogens with one attached hydrogen (secondary N) is 1. The Balaban J connectivity index is 2.67. The summed E-state index contributed by atoms with van der Waals surface area (Å²) in [7, 11) is 0. The molecule has 0 aromatic heterocycles. The minimum atomic E-state index is -0.359. The SMILES string of the molecule is CCCNCc1ccccc1OC(C#N)CC. The molecule has 1 unspecified atom stereocenters. The largest absolute Gasteiger partial charge is 0.475 e. The van der Waals surface area contributed by atoms with Crippen LogP contribution in [0.5, 0.6) is 5.75 Å². The Morgan fingerprint density at radius 3 is 2.76 bits per heavy atom. The van der Waals surface area contributed by atoms with Gasteiger partial charge in [-0.25, -0.2) is 0 Å². The van der Waals surface area contributed by atoms with Gasteiger partial charge in [0, 0.05) is 12.1 Å². The molecule has 0 bridgehead atoms. The molecule has 1 aromatic carbocycles. The Bertz CT molecular complexity index is 371. The van der Waals surface area contributed by atoms with Gasteiger partial charge in [-0.05, 0) is 25.5 Å². The van der Waals surface area contributed by atoms with Gasteiger partial charge in [0.15, 0.2) is 6.10 Å². The summed E-state index contributed by atoms with van der Waals surface area (Å²) in [6.07, 6.45) is 1.45.